The van der Waals surface area contributed by atoms with Crippen LogP contribution in [0, 0.1) is 0 Å². The van der Waals surface area contributed by atoms with Crippen LogP contribution in [0.15, 0.2) is 42.7 Å². The summed E-state index contributed by atoms with van der Waals surface area (Å²) in [4.78, 5) is 37.4. The zero-order valence-electron chi connectivity index (χ0n) is 20.7. The minimum atomic E-state index is -0.812. The highest BCUT2D eigenvalue weighted by Crippen LogP contribution is 2.37. The highest BCUT2D eigenvalue weighted by molar-refractivity contribution is 6.12. The van der Waals surface area contributed by atoms with Gasteiger partial charge in [-0.1, -0.05) is 6.07 Å². The predicted octanol–water partition coefficient (Wildman–Crippen LogP) is 4.35. The molecule has 36 heavy (non-hydrogen) atoms. The van der Waals surface area contributed by atoms with Gasteiger partial charge in [-0.05, 0) is 79.1 Å². The first-order valence-corrected chi connectivity index (χ1v) is 12.5. The number of carbonyl (C=O) groups excluding carboxylic acids is 1. The van der Waals surface area contributed by atoms with Crippen LogP contribution in [0.1, 0.15) is 52.4 Å². The SMILES string of the molecule is CCN1c2ncc(CCOc3ccc(CC(=O)O)c4c3CCCC4)cc2C(=O)N(C)c2cccnc21. The molecule has 1 aliphatic heterocycles. The van der Waals surface area contributed by atoms with Crippen molar-refractivity contribution in [2.24, 2.45) is 0 Å². The van der Waals surface area contributed by atoms with E-state index in [-0.39, 0.29) is 12.3 Å². The maximum Gasteiger partial charge on any atom is 0.307 e. The third-order valence-electron chi connectivity index (χ3n) is 6.99. The molecule has 8 heteroatoms. The highest BCUT2D eigenvalue weighted by atomic mass is 16.5. The number of amides is 1. The molecule has 0 bridgehead atoms. The maximum atomic E-state index is 13.3. The number of hydrogen-bond donors (Lipinski definition) is 1. The Bertz CT molecular complexity index is 1320. The number of aliphatic carboxylic acids is 1. The lowest BCUT2D eigenvalue weighted by molar-refractivity contribution is -0.136. The van der Waals surface area contributed by atoms with Gasteiger partial charge in [0.15, 0.2) is 5.82 Å². The van der Waals surface area contributed by atoms with Crippen LogP contribution in [0.4, 0.5) is 17.3 Å². The molecule has 2 aromatic heterocycles. The molecule has 186 valence electrons. The molecule has 0 unspecified atom stereocenters. The largest absolute Gasteiger partial charge is 0.493 e. The Labute approximate surface area is 210 Å². The van der Waals surface area contributed by atoms with Gasteiger partial charge in [-0.25, -0.2) is 9.97 Å². The van der Waals surface area contributed by atoms with Crippen LogP contribution < -0.4 is 14.5 Å². The fourth-order valence-electron chi connectivity index (χ4n) is 5.21. The van der Waals surface area contributed by atoms with E-state index in [1.54, 1.807) is 24.3 Å². The van der Waals surface area contributed by atoms with Crippen LogP contribution in [0.5, 0.6) is 5.75 Å². The standard InChI is InChI=1S/C28H30N4O4/c1-3-32-26-22(28(35)31(2)23-9-6-13-29-27(23)32)15-18(17-30-26)12-14-36-24-11-10-19(16-25(33)34)20-7-4-5-8-21(20)24/h6,9-11,13,15,17H,3-5,7-8,12,14,16H2,1-2H3,(H,33,34). The van der Waals surface area contributed by atoms with Crippen molar-refractivity contribution in [2.75, 3.05) is 30.0 Å². The Morgan fingerprint density at radius 3 is 2.69 bits per heavy atom. The van der Waals surface area contributed by atoms with Gasteiger partial charge in [0.25, 0.3) is 5.91 Å². The summed E-state index contributed by atoms with van der Waals surface area (Å²) < 4.78 is 6.19. The molecule has 0 radical (unpaired) electrons. The van der Waals surface area contributed by atoms with Gasteiger partial charge in [-0.15, -0.1) is 0 Å². The zero-order valence-corrected chi connectivity index (χ0v) is 20.7. The number of aromatic nitrogens is 2. The van der Waals surface area contributed by atoms with E-state index in [1.807, 2.05) is 42.2 Å². The lowest BCUT2D eigenvalue weighted by Crippen LogP contribution is -2.25. The number of fused-ring (bicyclic) bond motifs is 3. The van der Waals surface area contributed by atoms with Gasteiger partial charge in [-0.2, -0.15) is 0 Å². The maximum absolute atomic E-state index is 13.3. The second kappa shape index (κ2) is 9.97. The highest BCUT2D eigenvalue weighted by Gasteiger charge is 2.30. The predicted molar refractivity (Wildman–Crippen MR) is 138 cm³/mol. The molecule has 1 aromatic carbocycles. The molecule has 8 nitrogen and oxygen atoms in total. The lowest BCUT2D eigenvalue weighted by Gasteiger charge is -2.23. The van der Waals surface area contributed by atoms with Crippen LogP contribution >= 0.6 is 0 Å². The number of hydrogen-bond acceptors (Lipinski definition) is 6. The third-order valence-corrected chi connectivity index (χ3v) is 6.99. The van der Waals surface area contributed by atoms with Crippen molar-refractivity contribution in [3.05, 3.63) is 70.5 Å². The zero-order chi connectivity index (χ0) is 25.2. The number of anilines is 3. The van der Waals surface area contributed by atoms with Gasteiger partial charge in [0.2, 0.25) is 0 Å². The van der Waals surface area contributed by atoms with Gasteiger partial charge >= 0.3 is 5.97 Å². The Kier molecular flexibility index (Phi) is 6.59. The summed E-state index contributed by atoms with van der Waals surface area (Å²) in [5, 5.41) is 9.25. The van der Waals surface area contributed by atoms with Gasteiger partial charge in [0, 0.05) is 32.4 Å². The van der Waals surface area contributed by atoms with E-state index in [2.05, 4.69) is 9.97 Å². The molecule has 3 aromatic rings. The van der Waals surface area contributed by atoms with Crippen molar-refractivity contribution in [1.82, 2.24) is 9.97 Å². The number of carboxylic acid groups (broad SMARTS) is 1. The smallest absolute Gasteiger partial charge is 0.307 e. The molecule has 1 amide bonds. The number of carboxylic acids is 1. The van der Waals surface area contributed by atoms with E-state index in [0.717, 1.165) is 59.4 Å². The molecular formula is C28H30N4O4. The van der Waals surface area contributed by atoms with Gasteiger partial charge in [0.05, 0.1) is 24.3 Å². The van der Waals surface area contributed by atoms with E-state index < -0.39 is 5.97 Å². The number of nitrogens with zero attached hydrogens (tertiary/aromatic N) is 4. The van der Waals surface area contributed by atoms with Crippen molar-refractivity contribution < 1.29 is 19.4 Å². The lowest BCUT2D eigenvalue weighted by atomic mass is 9.86. The van der Waals surface area contributed by atoms with Crippen molar-refractivity contribution in [3.8, 4) is 5.75 Å². The van der Waals surface area contributed by atoms with Crippen LogP contribution in [0.25, 0.3) is 0 Å². The van der Waals surface area contributed by atoms with Gasteiger partial charge < -0.3 is 19.6 Å². The Morgan fingerprint density at radius 2 is 1.92 bits per heavy atom. The van der Waals surface area contributed by atoms with Crippen molar-refractivity contribution in [2.45, 2.75) is 45.4 Å². The molecule has 0 spiro atoms. The first kappa shape index (κ1) is 23.8. The number of ether oxygens (including phenoxy) is 1. The fourth-order valence-corrected chi connectivity index (χ4v) is 5.21. The van der Waals surface area contributed by atoms with Gasteiger partial charge in [0.1, 0.15) is 11.6 Å². The Morgan fingerprint density at radius 1 is 1.11 bits per heavy atom. The normalized spacial score (nSPS) is 14.6. The van der Waals surface area contributed by atoms with E-state index in [9.17, 15) is 14.7 Å². The molecule has 0 fully saturated rings. The van der Waals surface area contributed by atoms with Gasteiger partial charge in [-0.3, -0.25) is 9.59 Å². The van der Waals surface area contributed by atoms with E-state index in [4.69, 9.17) is 4.74 Å². The number of carbonyl (C=O) groups is 2. The van der Waals surface area contributed by atoms with Crippen LogP contribution in [-0.2, 0) is 30.5 Å². The summed E-state index contributed by atoms with van der Waals surface area (Å²) >= 11 is 0. The molecule has 0 saturated heterocycles. The quantitative estimate of drug-likeness (QED) is 0.530. The van der Waals surface area contributed by atoms with E-state index >= 15 is 0 Å². The first-order chi connectivity index (χ1) is 17.5. The van der Waals surface area contributed by atoms with Crippen molar-refractivity contribution >= 4 is 29.2 Å². The molecule has 0 atom stereocenters. The van der Waals surface area contributed by atoms with Crippen molar-refractivity contribution in [1.29, 1.82) is 0 Å². The Hall–Kier alpha value is -3.94. The van der Waals surface area contributed by atoms with Crippen LogP contribution in [-0.4, -0.2) is 47.2 Å². The first-order valence-electron chi connectivity index (χ1n) is 12.5. The third kappa shape index (κ3) is 4.39. The monoisotopic (exact) mass is 486 g/mol. The van der Waals surface area contributed by atoms with Crippen LogP contribution in [0.2, 0.25) is 0 Å². The van der Waals surface area contributed by atoms with E-state index in [1.165, 1.54) is 0 Å². The Balaban J connectivity index is 1.36. The average molecular weight is 487 g/mol. The molecule has 2 aliphatic rings. The molecule has 3 heterocycles. The minimum absolute atomic E-state index is 0.0417. The van der Waals surface area contributed by atoms with Crippen molar-refractivity contribution in [3.63, 3.8) is 0 Å². The summed E-state index contributed by atoms with van der Waals surface area (Å²) in [5.41, 5.74) is 5.38. The summed E-state index contributed by atoms with van der Waals surface area (Å²) in [5.74, 6) is 1.23. The summed E-state index contributed by atoms with van der Waals surface area (Å²) in [6.45, 7) is 3.09. The number of rotatable bonds is 7. The summed E-state index contributed by atoms with van der Waals surface area (Å²) in [7, 11) is 1.76. The molecule has 1 aliphatic carbocycles. The molecule has 1 N–H and O–H groups in total. The van der Waals surface area contributed by atoms with Crippen LogP contribution in [0.3, 0.4) is 0 Å². The minimum Gasteiger partial charge on any atom is -0.493 e. The number of pyridine rings is 2. The molecule has 5 rings (SSSR count). The average Bonchev–Trinajstić information content (AvgIpc) is 2.98. The summed E-state index contributed by atoms with van der Waals surface area (Å²) in [6, 6.07) is 9.42. The van der Waals surface area contributed by atoms with E-state index in [0.29, 0.717) is 36.8 Å². The fraction of sp³-hybridized carbons (Fsp3) is 0.357. The second-order valence-electron chi connectivity index (χ2n) is 9.23. The summed E-state index contributed by atoms with van der Waals surface area (Å²) in [6.07, 6.45) is 8.11. The second-order valence-corrected chi connectivity index (χ2v) is 9.23. The molecular weight excluding hydrogens is 456 g/mol. The number of benzene rings is 1. The molecule has 0 saturated carbocycles. The topological polar surface area (TPSA) is 95.9 Å².